The van der Waals surface area contributed by atoms with Crippen molar-refractivity contribution >= 4 is 16.0 Å². The molecule has 0 aromatic heterocycles. The van der Waals surface area contributed by atoms with Crippen molar-refractivity contribution < 1.29 is 23.1 Å². The number of aliphatic hydroxyl groups excluding tert-OH is 1. The van der Waals surface area contributed by atoms with Crippen LogP contribution in [-0.2, 0) is 19.6 Å². The first-order valence-electron chi connectivity index (χ1n) is 6.15. The zero-order valence-electron chi connectivity index (χ0n) is 11.6. The van der Waals surface area contributed by atoms with E-state index in [9.17, 15) is 18.3 Å². The van der Waals surface area contributed by atoms with Crippen LogP contribution in [0.4, 0.5) is 0 Å². The largest absolute Gasteiger partial charge is 0.469 e. The van der Waals surface area contributed by atoms with E-state index in [1.807, 2.05) is 19.0 Å². The van der Waals surface area contributed by atoms with Crippen molar-refractivity contribution in [2.24, 2.45) is 0 Å². The van der Waals surface area contributed by atoms with Crippen LogP contribution in [0, 0.1) is 0 Å². The van der Waals surface area contributed by atoms with E-state index in [2.05, 4.69) is 4.74 Å². The van der Waals surface area contributed by atoms with E-state index in [-0.39, 0.29) is 24.8 Å². The molecule has 19 heavy (non-hydrogen) atoms. The van der Waals surface area contributed by atoms with Gasteiger partial charge in [0.1, 0.15) is 0 Å². The number of ether oxygens (including phenoxy) is 1. The minimum Gasteiger partial charge on any atom is -0.469 e. The molecule has 8 heteroatoms. The lowest BCUT2D eigenvalue weighted by Crippen LogP contribution is -2.42. The highest BCUT2D eigenvalue weighted by Gasteiger charge is 2.38. The second kappa shape index (κ2) is 6.65. The number of sulfonamides is 1. The average molecular weight is 294 g/mol. The summed E-state index contributed by atoms with van der Waals surface area (Å²) in [6, 6.07) is -0.243. The molecule has 1 aliphatic heterocycles. The maximum Gasteiger partial charge on any atom is 0.306 e. The molecule has 2 atom stereocenters. The van der Waals surface area contributed by atoms with E-state index in [1.54, 1.807) is 0 Å². The SMILES string of the molecule is COC(=O)CCS(=O)(=O)N1CC(O)CC1CN(C)C. The van der Waals surface area contributed by atoms with Crippen LogP contribution in [0.5, 0.6) is 0 Å². The Balaban J connectivity index is 2.71. The lowest BCUT2D eigenvalue weighted by Gasteiger charge is -2.25. The number of β-amino-alcohol motifs (C(OH)–C–C–N with tert-alkyl or cyclic N) is 1. The first-order valence-corrected chi connectivity index (χ1v) is 7.76. The molecule has 0 aliphatic carbocycles. The lowest BCUT2D eigenvalue weighted by atomic mass is 10.2. The van der Waals surface area contributed by atoms with Crippen LogP contribution in [0.1, 0.15) is 12.8 Å². The third kappa shape index (κ3) is 4.72. The highest BCUT2D eigenvalue weighted by Crippen LogP contribution is 2.22. The number of hydrogen-bond acceptors (Lipinski definition) is 6. The van der Waals surface area contributed by atoms with Gasteiger partial charge in [0, 0.05) is 19.1 Å². The molecule has 1 N–H and O–H groups in total. The van der Waals surface area contributed by atoms with E-state index in [0.29, 0.717) is 13.0 Å². The summed E-state index contributed by atoms with van der Waals surface area (Å²) in [6.45, 7) is 0.649. The van der Waals surface area contributed by atoms with Gasteiger partial charge in [-0.25, -0.2) is 8.42 Å². The molecule has 0 amide bonds. The molecule has 0 bridgehead atoms. The molecule has 2 unspecified atom stereocenters. The predicted molar refractivity (Wildman–Crippen MR) is 70.1 cm³/mol. The van der Waals surface area contributed by atoms with Gasteiger partial charge < -0.3 is 14.7 Å². The number of likely N-dealkylation sites (N-methyl/N-ethyl adjacent to an activating group) is 1. The maximum absolute atomic E-state index is 12.2. The number of nitrogens with zero attached hydrogens (tertiary/aromatic N) is 2. The van der Waals surface area contributed by atoms with Crippen molar-refractivity contribution in [2.45, 2.75) is 25.0 Å². The van der Waals surface area contributed by atoms with Crippen LogP contribution in [-0.4, -0.2) is 80.9 Å². The summed E-state index contributed by atoms with van der Waals surface area (Å²) in [4.78, 5) is 12.9. The van der Waals surface area contributed by atoms with Crippen molar-refractivity contribution in [3.05, 3.63) is 0 Å². The second-order valence-corrected chi connectivity index (χ2v) is 7.06. The quantitative estimate of drug-likeness (QED) is 0.624. The predicted octanol–water partition coefficient (Wildman–Crippen LogP) is -1.12. The maximum atomic E-state index is 12.2. The fourth-order valence-corrected chi connectivity index (χ4v) is 3.89. The number of rotatable bonds is 6. The highest BCUT2D eigenvalue weighted by atomic mass is 32.2. The Morgan fingerprint density at radius 2 is 2.11 bits per heavy atom. The Morgan fingerprint density at radius 3 is 2.63 bits per heavy atom. The Kier molecular flexibility index (Phi) is 5.72. The van der Waals surface area contributed by atoms with Crippen LogP contribution in [0.3, 0.4) is 0 Å². The first-order chi connectivity index (χ1) is 8.76. The standard InChI is InChI=1S/C11H22N2O5S/c1-12(2)7-9-6-10(14)8-13(9)19(16,17)5-4-11(15)18-3/h9-10,14H,4-8H2,1-3H3. The fraction of sp³-hybridized carbons (Fsp3) is 0.909. The Morgan fingerprint density at radius 1 is 1.47 bits per heavy atom. The summed E-state index contributed by atoms with van der Waals surface area (Å²) in [5, 5.41) is 9.65. The van der Waals surface area contributed by atoms with Crippen LogP contribution in [0.15, 0.2) is 0 Å². The molecule has 0 aromatic carbocycles. The molecule has 0 radical (unpaired) electrons. The molecular weight excluding hydrogens is 272 g/mol. The van der Waals surface area contributed by atoms with E-state index in [1.165, 1.54) is 11.4 Å². The summed E-state index contributed by atoms with van der Waals surface area (Å²) in [5.74, 6) is -0.830. The summed E-state index contributed by atoms with van der Waals surface area (Å²) in [7, 11) is 1.38. The number of methoxy groups -OCH3 is 1. The molecule has 0 aromatic rings. The molecule has 1 rings (SSSR count). The van der Waals surface area contributed by atoms with Crippen molar-refractivity contribution in [3.63, 3.8) is 0 Å². The van der Waals surface area contributed by atoms with E-state index < -0.39 is 22.1 Å². The molecule has 0 saturated carbocycles. The number of carbonyl (C=O) groups excluding carboxylic acids is 1. The van der Waals surface area contributed by atoms with Crippen LogP contribution in [0.2, 0.25) is 0 Å². The van der Waals surface area contributed by atoms with E-state index in [4.69, 9.17) is 0 Å². The first kappa shape index (κ1) is 16.4. The van der Waals surface area contributed by atoms with E-state index >= 15 is 0 Å². The summed E-state index contributed by atoms with van der Waals surface area (Å²) in [5.41, 5.74) is 0. The summed E-state index contributed by atoms with van der Waals surface area (Å²) in [6.07, 6.45) is -0.381. The average Bonchev–Trinajstić information content (AvgIpc) is 2.67. The molecule has 7 nitrogen and oxygen atoms in total. The molecule has 0 spiro atoms. The fourth-order valence-electron chi connectivity index (χ4n) is 2.22. The Labute approximate surface area is 114 Å². The number of esters is 1. The van der Waals surface area contributed by atoms with Gasteiger partial charge in [-0.1, -0.05) is 0 Å². The van der Waals surface area contributed by atoms with Gasteiger partial charge in [0.15, 0.2) is 0 Å². The molecule has 1 heterocycles. The molecular formula is C11H22N2O5S. The molecule has 112 valence electrons. The van der Waals surface area contributed by atoms with Gasteiger partial charge in [0.2, 0.25) is 10.0 Å². The number of carbonyl (C=O) groups is 1. The summed E-state index contributed by atoms with van der Waals surface area (Å²) >= 11 is 0. The highest BCUT2D eigenvalue weighted by molar-refractivity contribution is 7.89. The van der Waals surface area contributed by atoms with Crippen molar-refractivity contribution in [2.75, 3.05) is 40.0 Å². The number of aliphatic hydroxyl groups is 1. The van der Waals surface area contributed by atoms with Gasteiger partial charge in [0.05, 0.1) is 25.4 Å². The summed E-state index contributed by atoms with van der Waals surface area (Å²) < 4.78 is 30.1. The zero-order valence-corrected chi connectivity index (χ0v) is 12.4. The van der Waals surface area contributed by atoms with Crippen molar-refractivity contribution in [1.82, 2.24) is 9.21 Å². The number of hydrogen-bond donors (Lipinski definition) is 1. The third-order valence-corrected chi connectivity index (χ3v) is 4.95. The molecule has 1 saturated heterocycles. The lowest BCUT2D eigenvalue weighted by molar-refractivity contribution is -0.140. The van der Waals surface area contributed by atoms with Gasteiger partial charge in [-0.2, -0.15) is 4.31 Å². The Hall–Kier alpha value is -0.700. The van der Waals surface area contributed by atoms with Gasteiger partial charge >= 0.3 is 5.97 Å². The van der Waals surface area contributed by atoms with Gasteiger partial charge in [-0.3, -0.25) is 4.79 Å². The molecule has 1 fully saturated rings. The van der Waals surface area contributed by atoms with Gasteiger partial charge in [-0.05, 0) is 20.5 Å². The minimum absolute atomic E-state index is 0.0992. The second-order valence-electron chi connectivity index (χ2n) is 5.02. The van der Waals surface area contributed by atoms with Crippen LogP contribution >= 0.6 is 0 Å². The molecule has 1 aliphatic rings. The van der Waals surface area contributed by atoms with Crippen LogP contribution in [0.25, 0.3) is 0 Å². The van der Waals surface area contributed by atoms with Gasteiger partial charge in [0.25, 0.3) is 0 Å². The van der Waals surface area contributed by atoms with Gasteiger partial charge in [-0.15, -0.1) is 0 Å². The van der Waals surface area contributed by atoms with Crippen molar-refractivity contribution in [1.29, 1.82) is 0 Å². The minimum atomic E-state index is -3.55. The van der Waals surface area contributed by atoms with E-state index in [0.717, 1.165) is 0 Å². The smallest absolute Gasteiger partial charge is 0.306 e. The van der Waals surface area contributed by atoms with Crippen LogP contribution < -0.4 is 0 Å². The third-order valence-electron chi connectivity index (χ3n) is 3.07. The normalized spacial score (nSPS) is 24.9. The zero-order chi connectivity index (χ0) is 14.6. The van der Waals surface area contributed by atoms with Crippen molar-refractivity contribution in [3.8, 4) is 0 Å². The topological polar surface area (TPSA) is 87.2 Å². The monoisotopic (exact) mass is 294 g/mol. The Bertz CT molecular complexity index is 409.